The van der Waals surface area contributed by atoms with Gasteiger partial charge in [0, 0.05) is 17.2 Å². The zero-order chi connectivity index (χ0) is 50.0. The highest BCUT2D eigenvalue weighted by molar-refractivity contribution is 6.08. The number of carboxylic acid groups (broad SMARTS) is 1. The van der Waals surface area contributed by atoms with Crippen LogP contribution in [0.15, 0.2) is 42.5 Å². The summed E-state index contributed by atoms with van der Waals surface area (Å²) < 4.78 is 32.3. The van der Waals surface area contributed by atoms with Crippen LogP contribution in [0.2, 0.25) is 0 Å². The predicted octanol–water partition coefficient (Wildman–Crippen LogP) is 1.59. The molecule has 0 spiro atoms. The van der Waals surface area contributed by atoms with Crippen molar-refractivity contribution < 1.29 is 134 Å². The van der Waals surface area contributed by atoms with Gasteiger partial charge in [-0.15, -0.1) is 0 Å². The van der Waals surface area contributed by atoms with Gasteiger partial charge < -0.3 is 110 Å². The van der Waals surface area contributed by atoms with Crippen molar-refractivity contribution >= 4 is 29.8 Å². The quantitative estimate of drug-likeness (QED) is 0.0625. The van der Waals surface area contributed by atoms with Crippen LogP contribution in [0.25, 0.3) is 11.1 Å². The molecule has 68 heavy (non-hydrogen) atoms. The predicted molar refractivity (Wildman–Crippen MR) is 210 cm³/mol. The van der Waals surface area contributed by atoms with Gasteiger partial charge in [-0.1, -0.05) is 0 Å². The number of esters is 4. The summed E-state index contributed by atoms with van der Waals surface area (Å²) in [5, 5.41) is 166. The molecule has 0 radical (unpaired) electrons. The molecule has 0 aliphatic carbocycles. The third-order valence-electron chi connectivity index (χ3n) is 10.1. The second kappa shape index (κ2) is 17.1. The monoisotopic (exact) mass is 954 g/mol. The smallest absolute Gasteiger partial charge is 0.340 e. The number of aromatic hydroxyl groups is 14. The van der Waals surface area contributed by atoms with E-state index in [1.165, 1.54) is 0 Å². The first-order valence-electron chi connectivity index (χ1n) is 18.6. The Balaban J connectivity index is 1.29. The number of phenolic OH excluding ortho intramolecular Hbond substituents is 14. The summed E-state index contributed by atoms with van der Waals surface area (Å²) in [4.78, 5) is 66.8. The SMILES string of the molecule is O=C(O[C@@H]1O[C@@H]2COC(=O)c3cc(O)c(O)c(O)c3-c3c(cc(O)c(O)c3O)C(=O)O[C@H]2[C@H](OC(=O)c2cc(O)c(O)c(O)c2)[C@H]1O)c1cc(O)c(Oc2c(C(=O)O)cc(O)c(O)c2O)c(O)c1. The van der Waals surface area contributed by atoms with Crippen molar-refractivity contribution in [3.63, 3.8) is 0 Å². The average Bonchev–Trinajstić information content (AvgIpc) is 3.29. The van der Waals surface area contributed by atoms with Crippen molar-refractivity contribution in [3.05, 3.63) is 70.3 Å². The molecule has 2 heterocycles. The zero-order valence-electron chi connectivity index (χ0n) is 33.3. The fourth-order valence-corrected chi connectivity index (χ4v) is 6.84. The standard InChI is InChI=1S/C41H30O27/c42-14-1-9(2-15(43)24(14)49)37(59)67-35-31(56)41(68-38(60)10-3-19(47)33(20(48)4-10)65-32-13(36(57)58)7-18(46)27(52)30(32)55)64-21-8-63-39(61)11-5-16(44)25(50)28(53)22(11)23-12(40(62)66-34(21)35)6-17(45)26(51)29(23)54/h1-7,21,31,34-35,41-56H,8H2,(H,57,58)/t21-,31-,34-,35-,41+/m1/s1. The number of aromatic carboxylic acids is 1. The van der Waals surface area contributed by atoms with E-state index in [4.69, 9.17) is 28.4 Å². The first-order valence-corrected chi connectivity index (χ1v) is 18.6. The molecule has 27 heteroatoms. The largest absolute Gasteiger partial charge is 0.504 e. The maximum atomic E-state index is 14.1. The summed E-state index contributed by atoms with van der Waals surface area (Å²) in [5.41, 5.74) is -6.69. The van der Waals surface area contributed by atoms with E-state index in [2.05, 4.69) is 0 Å². The number of rotatable bonds is 7. The van der Waals surface area contributed by atoms with Crippen LogP contribution in [0.3, 0.4) is 0 Å². The number of carbonyl (C=O) groups excluding carboxylic acids is 4. The van der Waals surface area contributed by atoms with Crippen molar-refractivity contribution in [2.45, 2.75) is 30.7 Å². The highest BCUT2D eigenvalue weighted by Crippen LogP contribution is 2.54. The van der Waals surface area contributed by atoms with Crippen LogP contribution in [0.1, 0.15) is 51.8 Å². The molecule has 0 amide bonds. The van der Waals surface area contributed by atoms with E-state index in [0.29, 0.717) is 42.5 Å². The molecule has 2 aliphatic rings. The number of hydrogen-bond donors (Lipinski definition) is 16. The molecule has 5 aromatic rings. The number of hydrogen-bond acceptors (Lipinski definition) is 26. The lowest BCUT2D eigenvalue weighted by atomic mass is 9.92. The van der Waals surface area contributed by atoms with Crippen LogP contribution in [-0.4, -0.2) is 149 Å². The summed E-state index contributed by atoms with van der Waals surface area (Å²) >= 11 is 0. The maximum Gasteiger partial charge on any atom is 0.340 e. The number of cyclic esters (lactones) is 1. The lowest BCUT2D eigenvalue weighted by Crippen LogP contribution is -2.62. The molecule has 0 aromatic heterocycles. The van der Waals surface area contributed by atoms with Crippen molar-refractivity contribution in [2.24, 2.45) is 0 Å². The fraction of sp³-hybridized carbons (Fsp3) is 0.146. The van der Waals surface area contributed by atoms with E-state index >= 15 is 0 Å². The number of aliphatic hydroxyl groups is 1. The van der Waals surface area contributed by atoms with E-state index in [-0.39, 0.29) is 0 Å². The molecular formula is C41H30O27. The molecule has 5 aromatic carbocycles. The van der Waals surface area contributed by atoms with Crippen LogP contribution in [0.4, 0.5) is 0 Å². The molecule has 1 saturated heterocycles. The highest BCUT2D eigenvalue weighted by atomic mass is 16.7. The van der Waals surface area contributed by atoms with E-state index in [9.17, 15) is 106 Å². The molecular weight excluding hydrogens is 924 g/mol. The third-order valence-corrected chi connectivity index (χ3v) is 10.1. The molecule has 356 valence electrons. The fourth-order valence-electron chi connectivity index (χ4n) is 6.84. The van der Waals surface area contributed by atoms with Crippen LogP contribution < -0.4 is 4.74 Å². The highest BCUT2D eigenvalue weighted by Gasteiger charge is 2.53. The number of fused-ring (bicyclic) bond motifs is 4. The van der Waals surface area contributed by atoms with Gasteiger partial charge in [0.05, 0.1) is 22.3 Å². The second-order valence-corrected chi connectivity index (χ2v) is 14.4. The van der Waals surface area contributed by atoms with Gasteiger partial charge in [0.1, 0.15) is 18.3 Å². The van der Waals surface area contributed by atoms with Crippen LogP contribution in [0.5, 0.6) is 92.0 Å². The van der Waals surface area contributed by atoms with Gasteiger partial charge in [-0.05, 0) is 36.4 Å². The van der Waals surface area contributed by atoms with Gasteiger partial charge in [-0.2, -0.15) is 0 Å². The van der Waals surface area contributed by atoms with Crippen LogP contribution in [-0.2, 0) is 23.7 Å². The van der Waals surface area contributed by atoms with E-state index in [1.54, 1.807) is 0 Å². The molecule has 16 N–H and O–H groups in total. The molecule has 0 unspecified atom stereocenters. The Morgan fingerprint density at radius 3 is 1.51 bits per heavy atom. The summed E-state index contributed by atoms with van der Waals surface area (Å²) in [7, 11) is 0. The number of carboxylic acids is 1. The van der Waals surface area contributed by atoms with Crippen molar-refractivity contribution in [1.82, 2.24) is 0 Å². The van der Waals surface area contributed by atoms with Crippen molar-refractivity contribution in [2.75, 3.05) is 6.61 Å². The average molecular weight is 955 g/mol. The molecule has 0 bridgehead atoms. The minimum Gasteiger partial charge on any atom is -0.504 e. The molecule has 1 fully saturated rings. The van der Waals surface area contributed by atoms with Gasteiger partial charge in [0.25, 0.3) is 0 Å². The molecule has 0 saturated carbocycles. The van der Waals surface area contributed by atoms with E-state index in [0.717, 1.165) is 0 Å². The number of benzene rings is 5. The minimum absolute atomic E-state index is 0.426. The minimum atomic E-state index is -2.56. The van der Waals surface area contributed by atoms with Crippen molar-refractivity contribution in [3.8, 4) is 103 Å². The number of ether oxygens (including phenoxy) is 6. The number of aliphatic hydroxyl groups excluding tert-OH is 1. The topological polar surface area (TPSA) is 464 Å². The summed E-state index contributed by atoms with van der Waals surface area (Å²) in [6.07, 6.45) is -11.8. The lowest BCUT2D eigenvalue weighted by Gasteiger charge is -2.42. The number of phenols is 14. The maximum absolute atomic E-state index is 14.1. The third kappa shape index (κ3) is 7.96. The summed E-state index contributed by atoms with van der Waals surface area (Å²) in [5.74, 6) is -28.0. The summed E-state index contributed by atoms with van der Waals surface area (Å²) in [6.45, 7) is -1.21. The molecule has 7 rings (SSSR count). The zero-order valence-corrected chi connectivity index (χ0v) is 33.3. The van der Waals surface area contributed by atoms with E-state index in [1.807, 2.05) is 0 Å². The van der Waals surface area contributed by atoms with Gasteiger partial charge in [-0.3, -0.25) is 0 Å². The Morgan fingerprint density at radius 1 is 0.529 bits per heavy atom. The molecule has 5 atom stereocenters. The Hall–Kier alpha value is -9.63. The lowest BCUT2D eigenvalue weighted by molar-refractivity contribution is -0.283. The van der Waals surface area contributed by atoms with Gasteiger partial charge in [-0.25, -0.2) is 24.0 Å². The van der Waals surface area contributed by atoms with Gasteiger partial charge >= 0.3 is 29.8 Å². The molecule has 2 aliphatic heterocycles. The van der Waals surface area contributed by atoms with Crippen molar-refractivity contribution in [1.29, 1.82) is 0 Å². The second-order valence-electron chi connectivity index (χ2n) is 14.4. The van der Waals surface area contributed by atoms with Gasteiger partial charge in [0.15, 0.2) is 81.6 Å². The first kappa shape index (κ1) is 46.4. The Bertz CT molecular complexity index is 2950. The van der Waals surface area contributed by atoms with Gasteiger partial charge in [0.2, 0.25) is 35.0 Å². The molecule has 27 nitrogen and oxygen atoms in total. The Morgan fingerprint density at radius 2 is 0.985 bits per heavy atom. The van der Waals surface area contributed by atoms with Crippen LogP contribution in [0, 0.1) is 0 Å². The summed E-state index contributed by atoms with van der Waals surface area (Å²) in [6, 6.07) is 3.48. The number of carbonyl (C=O) groups is 5. The van der Waals surface area contributed by atoms with Crippen LogP contribution >= 0.6 is 0 Å². The normalized spacial score (nSPS) is 18.9. The van der Waals surface area contributed by atoms with E-state index < -0.39 is 198 Å². The Labute approximate surface area is 374 Å². The first-order chi connectivity index (χ1) is 31.9. The Kier molecular flexibility index (Phi) is 11.6.